The van der Waals surface area contributed by atoms with Gasteiger partial charge in [-0.3, -0.25) is 10.1 Å². The quantitative estimate of drug-likeness (QED) is 0.619. The second kappa shape index (κ2) is 6.56. The van der Waals surface area contributed by atoms with E-state index in [9.17, 15) is 10.1 Å². The van der Waals surface area contributed by atoms with Gasteiger partial charge in [0.25, 0.3) is 0 Å². The van der Waals surface area contributed by atoms with Crippen LogP contribution in [0, 0.1) is 15.5 Å². The van der Waals surface area contributed by atoms with E-state index in [0.29, 0.717) is 12.1 Å². The summed E-state index contributed by atoms with van der Waals surface area (Å²) >= 11 is 0. The molecule has 0 aliphatic rings. The molecule has 0 fully saturated rings. The Bertz CT molecular complexity index is 469. The summed E-state index contributed by atoms with van der Waals surface area (Å²) in [7, 11) is 1.40. The van der Waals surface area contributed by atoms with Crippen molar-refractivity contribution in [3.05, 3.63) is 28.3 Å². The van der Waals surface area contributed by atoms with E-state index in [4.69, 9.17) is 9.84 Å². The summed E-state index contributed by atoms with van der Waals surface area (Å²) in [5.41, 5.74) is 0.185. The van der Waals surface area contributed by atoms with E-state index in [2.05, 4.69) is 5.32 Å². The van der Waals surface area contributed by atoms with Crippen molar-refractivity contribution in [1.82, 2.24) is 0 Å². The van der Waals surface area contributed by atoms with Crippen molar-refractivity contribution in [2.75, 3.05) is 19.0 Å². The average Bonchev–Trinajstić information content (AvgIpc) is 2.36. The second-order valence-corrected chi connectivity index (χ2v) is 5.69. The number of para-hydroxylation sites is 1. The molecular formula is C14H22N2O4. The molecule has 6 nitrogen and oxygen atoms in total. The van der Waals surface area contributed by atoms with Gasteiger partial charge in [-0.05, 0) is 24.0 Å². The summed E-state index contributed by atoms with van der Waals surface area (Å²) < 4.78 is 5.04. The maximum absolute atomic E-state index is 11.2. The molecule has 0 amide bonds. The molecule has 0 spiro atoms. The van der Waals surface area contributed by atoms with E-state index in [1.54, 1.807) is 18.2 Å². The number of ether oxygens (including phenoxy) is 1. The average molecular weight is 282 g/mol. The molecule has 1 unspecified atom stereocenters. The van der Waals surface area contributed by atoms with Crippen molar-refractivity contribution < 1.29 is 14.8 Å². The van der Waals surface area contributed by atoms with E-state index in [1.165, 1.54) is 7.11 Å². The van der Waals surface area contributed by atoms with Crippen LogP contribution in [0.15, 0.2) is 18.2 Å². The number of aliphatic hydroxyl groups is 1. The van der Waals surface area contributed by atoms with Gasteiger partial charge < -0.3 is 15.2 Å². The molecule has 20 heavy (non-hydrogen) atoms. The number of nitro groups is 1. The van der Waals surface area contributed by atoms with Gasteiger partial charge in [-0.25, -0.2) is 0 Å². The number of aliphatic hydroxyl groups excluding tert-OH is 1. The van der Waals surface area contributed by atoms with Gasteiger partial charge in [0, 0.05) is 12.6 Å². The van der Waals surface area contributed by atoms with Crippen molar-refractivity contribution in [2.45, 2.75) is 33.2 Å². The number of hydrogen-bond donors (Lipinski definition) is 2. The van der Waals surface area contributed by atoms with Crippen LogP contribution in [0.1, 0.15) is 27.2 Å². The van der Waals surface area contributed by atoms with Gasteiger partial charge in [-0.1, -0.05) is 26.8 Å². The minimum atomic E-state index is -0.458. The van der Waals surface area contributed by atoms with E-state index >= 15 is 0 Å². The maximum atomic E-state index is 11.2. The Kier molecular flexibility index (Phi) is 5.33. The van der Waals surface area contributed by atoms with Crippen LogP contribution in [0.3, 0.4) is 0 Å². The summed E-state index contributed by atoms with van der Waals surface area (Å²) in [6, 6.07) is 4.82. The van der Waals surface area contributed by atoms with Gasteiger partial charge in [-0.15, -0.1) is 0 Å². The molecule has 6 heteroatoms. The number of rotatable bonds is 6. The smallest absolute Gasteiger partial charge is 0.333 e. The van der Waals surface area contributed by atoms with Crippen LogP contribution in [0.2, 0.25) is 0 Å². The Labute approximate surface area is 118 Å². The summed E-state index contributed by atoms with van der Waals surface area (Å²) in [4.78, 5) is 10.8. The van der Waals surface area contributed by atoms with Crippen LogP contribution < -0.4 is 10.1 Å². The highest BCUT2D eigenvalue weighted by Gasteiger charge is 2.28. The predicted octanol–water partition coefficient (Wildman–Crippen LogP) is 2.81. The molecule has 1 atom stereocenters. The molecule has 0 heterocycles. The van der Waals surface area contributed by atoms with Gasteiger partial charge in [0.1, 0.15) is 5.69 Å². The molecule has 0 aliphatic heterocycles. The van der Waals surface area contributed by atoms with Crippen LogP contribution >= 0.6 is 0 Å². The number of nitro benzene ring substituents is 1. The largest absolute Gasteiger partial charge is 0.490 e. The third-order valence-electron chi connectivity index (χ3n) is 3.19. The van der Waals surface area contributed by atoms with E-state index in [1.807, 2.05) is 20.8 Å². The molecule has 0 aromatic heterocycles. The van der Waals surface area contributed by atoms with E-state index in [-0.39, 0.29) is 29.5 Å². The Balaban J connectivity index is 3.16. The second-order valence-electron chi connectivity index (χ2n) is 5.69. The first kappa shape index (κ1) is 16.2. The van der Waals surface area contributed by atoms with Gasteiger partial charge in [0.2, 0.25) is 0 Å². The third-order valence-corrected chi connectivity index (χ3v) is 3.19. The SMILES string of the molecule is COc1cccc(NC(CCO)C(C)(C)C)c1[N+](=O)[O-]. The van der Waals surface area contributed by atoms with Gasteiger partial charge in [0.05, 0.1) is 12.0 Å². The van der Waals surface area contributed by atoms with Crippen LogP contribution in [0.25, 0.3) is 0 Å². The first-order valence-electron chi connectivity index (χ1n) is 6.50. The fourth-order valence-electron chi connectivity index (χ4n) is 2.03. The van der Waals surface area contributed by atoms with Crippen molar-refractivity contribution in [3.63, 3.8) is 0 Å². The summed E-state index contributed by atoms with van der Waals surface area (Å²) in [6.45, 7) is 6.08. The number of hydrogen-bond acceptors (Lipinski definition) is 5. The lowest BCUT2D eigenvalue weighted by molar-refractivity contribution is -0.384. The Morgan fingerprint density at radius 2 is 2.10 bits per heavy atom. The monoisotopic (exact) mass is 282 g/mol. The zero-order valence-corrected chi connectivity index (χ0v) is 12.3. The lowest BCUT2D eigenvalue weighted by Crippen LogP contribution is -2.35. The minimum Gasteiger partial charge on any atom is -0.490 e. The molecule has 0 saturated heterocycles. The number of nitrogens with zero attached hydrogens (tertiary/aromatic N) is 1. The summed E-state index contributed by atoms with van der Waals surface area (Å²) in [5, 5.41) is 23.5. The number of nitrogens with one attached hydrogen (secondary N) is 1. The van der Waals surface area contributed by atoms with Gasteiger partial charge in [-0.2, -0.15) is 0 Å². The standard InChI is InChI=1S/C14H22N2O4/c1-14(2,3)12(8-9-17)15-10-6-5-7-11(20-4)13(10)16(18)19/h5-7,12,15,17H,8-9H2,1-4H3. The normalized spacial score (nSPS) is 12.8. The van der Waals surface area contributed by atoms with E-state index in [0.717, 1.165) is 0 Å². The molecule has 1 aromatic carbocycles. The molecule has 1 rings (SSSR count). The molecule has 2 N–H and O–H groups in total. The predicted molar refractivity (Wildman–Crippen MR) is 78.2 cm³/mol. The fraction of sp³-hybridized carbons (Fsp3) is 0.571. The molecule has 112 valence electrons. The Hall–Kier alpha value is -1.82. The molecule has 0 saturated carbocycles. The first-order valence-corrected chi connectivity index (χ1v) is 6.50. The number of methoxy groups -OCH3 is 1. The van der Waals surface area contributed by atoms with Crippen molar-refractivity contribution in [3.8, 4) is 5.75 Å². The van der Waals surface area contributed by atoms with Crippen LogP contribution in [-0.4, -0.2) is 29.8 Å². The highest BCUT2D eigenvalue weighted by Crippen LogP contribution is 2.36. The highest BCUT2D eigenvalue weighted by molar-refractivity contribution is 5.68. The van der Waals surface area contributed by atoms with Crippen molar-refractivity contribution in [1.29, 1.82) is 0 Å². The van der Waals surface area contributed by atoms with Crippen LogP contribution in [0.4, 0.5) is 11.4 Å². The van der Waals surface area contributed by atoms with Crippen molar-refractivity contribution in [2.24, 2.45) is 5.41 Å². The number of benzene rings is 1. The molecular weight excluding hydrogens is 260 g/mol. The molecule has 1 aromatic rings. The van der Waals surface area contributed by atoms with E-state index < -0.39 is 4.92 Å². The minimum absolute atomic E-state index is 0.0205. The fourth-order valence-corrected chi connectivity index (χ4v) is 2.03. The topological polar surface area (TPSA) is 84.6 Å². The summed E-state index contributed by atoms with van der Waals surface area (Å²) in [6.07, 6.45) is 0.512. The van der Waals surface area contributed by atoms with Gasteiger partial charge in [0.15, 0.2) is 5.75 Å². The first-order chi connectivity index (χ1) is 9.31. The van der Waals surface area contributed by atoms with Crippen molar-refractivity contribution >= 4 is 11.4 Å². The third kappa shape index (κ3) is 3.84. The van der Waals surface area contributed by atoms with Crippen LogP contribution in [0.5, 0.6) is 5.75 Å². The maximum Gasteiger partial charge on any atom is 0.333 e. The summed E-state index contributed by atoms with van der Waals surface area (Å²) in [5.74, 6) is 0.219. The molecule has 0 bridgehead atoms. The lowest BCUT2D eigenvalue weighted by Gasteiger charge is -2.31. The zero-order valence-electron chi connectivity index (χ0n) is 12.3. The number of anilines is 1. The highest BCUT2D eigenvalue weighted by atomic mass is 16.6. The van der Waals surface area contributed by atoms with Crippen LogP contribution in [-0.2, 0) is 0 Å². The Morgan fingerprint density at radius 1 is 1.45 bits per heavy atom. The Morgan fingerprint density at radius 3 is 2.55 bits per heavy atom. The molecule has 0 radical (unpaired) electrons. The zero-order chi connectivity index (χ0) is 15.3. The lowest BCUT2D eigenvalue weighted by atomic mass is 9.84. The molecule has 0 aliphatic carbocycles. The van der Waals surface area contributed by atoms with Gasteiger partial charge >= 0.3 is 5.69 Å².